The van der Waals surface area contributed by atoms with E-state index in [1.807, 2.05) is 6.92 Å². The Kier molecular flexibility index (Phi) is 3.99. The molecule has 2 aliphatic rings. The highest BCUT2D eigenvalue weighted by molar-refractivity contribution is 5.98. The van der Waals surface area contributed by atoms with Gasteiger partial charge >= 0.3 is 0 Å². The van der Waals surface area contributed by atoms with E-state index < -0.39 is 0 Å². The number of ether oxygens (including phenoxy) is 1. The molecular weight excluding hydrogens is 268 g/mol. The molecule has 1 aliphatic heterocycles. The third-order valence-electron chi connectivity index (χ3n) is 4.12. The minimum absolute atomic E-state index is 0.0571. The SMILES string of the molecule is CCOc1cc(=O)n2c(c1C(=O)NC1CC1)CCCCC2. The summed E-state index contributed by atoms with van der Waals surface area (Å²) in [6.45, 7) is 3.02. The fourth-order valence-corrected chi connectivity index (χ4v) is 2.91. The maximum Gasteiger partial charge on any atom is 0.257 e. The van der Waals surface area contributed by atoms with Crippen LogP contribution < -0.4 is 15.6 Å². The Bertz CT molecular complexity index is 602. The first kappa shape index (κ1) is 14.2. The van der Waals surface area contributed by atoms with Gasteiger partial charge in [0.05, 0.1) is 6.61 Å². The number of rotatable bonds is 4. The van der Waals surface area contributed by atoms with Crippen molar-refractivity contribution in [2.75, 3.05) is 6.61 Å². The van der Waals surface area contributed by atoms with Gasteiger partial charge in [0.1, 0.15) is 11.3 Å². The summed E-state index contributed by atoms with van der Waals surface area (Å²) in [6.07, 6.45) is 5.96. The molecule has 0 aromatic carbocycles. The molecule has 21 heavy (non-hydrogen) atoms. The van der Waals surface area contributed by atoms with E-state index >= 15 is 0 Å². The van der Waals surface area contributed by atoms with E-state index in [2.05, 4.69) is 5.32 Å². The first-order valence-electron chi connectivity index (χ1n) is 7.91. The van der Waals surface area contributed by atoms with Gasteiger partial charge in [0, 0.05) is 24.3 Å². The Hall–Kier alpha value is -1.78. The van der Waals surface area contributed by atoms with Crippen LogP contribution in [-0.4, -0.2) is 23.1 Å². The van der Waals surface area contributed by atoms with Gasteiger partial charge in [-0.3, -0.25) is 9.59 Å². The molecule has 2 heterocycles. The van der Waals surface area contributed by atoms with Gasteiger partial charge < -0.3 is 14.6 Å². The largest absolute Gasteiger partial charge is 0.493 e. The van der Waals surface area contributed by atoms with Crippen LogP contribution in [0, 0.1) is 0 Å². The lowest BCUT2D eigenvalue weighted by Crippen LogP contribution is -2.32. The highest BCUT2D eigenvalue weighted by Gasteiger charge is 2.28. The lowest BCUT2D eigenvalue weighted by atomic mass is 10.1. The number of pyridine rings is 1. The van der Waals surface area contributed by atoms with Crippen molar-refractivity contribution < 1.29 is 9.53 Å². The highest BCUT2D eigenvalue weighted by atomic mass is 16.5. The van der Waals surface area contributed by atoms with Crippen LogP contribution in [0.5, 0.6) is 5.75 Å². The van der Waals surface area contributed by atoms with E-state index in [0.29, 0.717) is 30.5 Å². The number of hydrogen-bond acceptors (Lipinski definition) is 3. The van der Waals surface area contributed by atoms with Gasteiger partial charge in [-0.1, -0.05) is 6.42 Å². The summed E-state index contributed by atoms with van der Waals surface area (Å²) in [4.78, 5) is 24.9. The Labute approximate surface area is 124 Å². The second kappa shape index (κ2) is 5.92. The molecule has 0 atom stereocenters. The molecule has 1 saturated carbocycles. The van der Waals surface area contributed by atoms with Crippen LogP contribution in [0.25, 0.3) is 0 Å². The van der Waals surface area contributed by atoms with Crippen LogP contribution >= 0.6 is 0 Å². The molecule has 0 unspecified atom stereocenters. The standard InChI is InChI=1S/C16H22N2O3/c1-2-21-13-10-14(19)18-9-5-3-4-6-12(18)15(13)16(20)17-11-7-8-11/h10-11H,2-9H2,1H3,(H,17,20). The predicted octanol–water partition coefficient (Wildman–Crippen LogP) is 1.87. The first-order chi connectivity index (χ1) is 10.2. The van der Waals surface area contributed by atoms with E-state index in [9.17, 15) is 9.59 Å². The van der Waals surface area contributed by atoms with E-state index in [1.54, 1.807) is 4.57 Å². The van der Waals surface area contributed by atoms with Crippen molar-refractivity contribution in [3.8, 4) is 5.75 Å². The van der Waals surface area contributed by atoms with Crippen molar-refractivity contribution >= 4 is 5.91 Å². The van der Waals surface area contributed by atoms with E-state index in [0.717, 1.165) is 44.2 Å². The number of fused-ring (bicyclic) bond motifs is 1. The fourth-order valence-electron chi connectivity index (χ4n) is 2.91. The van der Waals surface area contributed by atoms with Crippen LogP contribution in [0.4, 0.5) is 0 Å². The van der Waals surface area contributed by atoms with Crippen molar-refractivity contribution in [3.63, 3.8) is 0 Å². The van der Waals surface area contributed by atoms with E-state index in [1.165, 1.54) is 6.07 Å². The second-order valence-corrected chi connectivity index (χ2v) is 5.81. The highest BCUT2D eigenvalue weighted by Crippen LogP contribution is 2.27. The maximum atomic E-state index is 12.6. The zero-order chi connectivity index (χ0) is 14.8. The van der Waals surface area contributed by atoms with Gasteiger partial charge in [0.15, 0.2) is 0 Å². The van der Waals surface area contributed by atoms with Gasteiger partial charge in [0.25, 0.3) is 11.5 Å². The minimum Gasteiger partial charge on any atom is -0.493 e. The normalized spacial score (nSPS) is 17.8. The van der Waals surface area contributed by atoms with E-state index in [4.69, 9.17) is 4.74 Å². The van der Waals surface area contributed by atoms with Gasteiger partial charge in [-0.15, -0.1) is 0 Å². The molecule has 3 rings (SSSR count). The second-order valence-electron chi connectivity index (χ2n) is 5.81. The van der Waals surface area contributed by atoms with Crippen molar-refractivity contribution in [1.29, 1.82) is 0 Å². The molecule has 0 radical (unpaired) electrons. The molecule has 1 fully saturated rings. The number of hydrogen-bond donors (Lipinski definition) is 1. The number of aromatic nitrogens is 1. The molecule has 114 valence electrons. The average Bonchev–Trinajstić information content (AvgIpc) is 3.25. The molecule has 5 heteroatoms. The summed E-state index contributed by atoms with van der Waals surface area (Å²) in [5, 5.41) is 3.02. The molecule has 1 aromatic rings. The Morgan fingerprint density at radius 3 is 2.90 bits per heavy atom. The number of carbonyl (C=O) groups is 1. The topological polar surface area (TPSA) is 60.3 Å². The monoisotopic (exact) mass is 290 g/mol. The molecule has 0 bridgehead atoms. The number of nitrogens with one attached hydrogen (secondary N) is 1. The summed E-state index contributed by atoms with van der Waals surface area (Å²) in [6, 6.07) is 1.77. The molecule has 5 nitrogen and oxygen atoms in total. The van der Waals surface area contributed by atoms with Gasteiger partial charge in [-0.2, -0.15) is 0 Å². The van der Waals surface area contributed by atoms with Crippen molar-refractivity contribution in [1.82, 2.24) is 9.88 Å². The van der Waals surface area contributed by atoms with Crippen LogP contribution in [-0.2, 0) is 13.0 Å². The summed E-state index contributed by atoms with van der Waals surface area (Å²) < 4.78 is 7.33. The summed E-state index contributed by atoms with van der Waals surface area (Å²) >= 11 is 0. The number of amides is 1. The smallest absolute Gasteiger partial charge is 0.257 e. The molecule has 1 amide bonds. The summed E-state index contributed by atoms with van der Waals surface area (Å²) in [7, 11) is 0. The molecule has 0 spiro atoms. The summed E-state index contributed by atoms with van der Waals surface area (Å²) in [5.74, 6) is 0.348. The van der Waals surface area contributed by atoms with Crippen molar-refractivity contribution in [2.45, 2.75) is 58.0 Å². The van der Waals surface area contributed by atoms with Gasteiger partial charge in [-0.05, 0) is 39.0 Å². The lowest BCUT2D eigenvalue weighted by Gasteiger charge is -2.18. The quantitative estimate of drug-likeness (QED) is 0.921. The molecular formula is C16H22N2O3. The van der Waals surface area contributed by atoms with Gasteiger partial charge in [-0.25, -0.2) is 0 Å². The Balaban J connectivity index is 2.07. The number of carbonyl (C=O) groups excluding carboxylic acids is 1. The zero-order valence-corrected chi connectivity index (χ0v) is 12.5. The number of nitrogens with zero attached hydrogens (tertiary/aromatic N) is 1. The minimum atomic E-state index is -0.0911. The third kappa shape index (κ3) is 2.96. The maximum absolute atomic E-state index is 12.6. The Morgan fingerprint density at radius 1 is 1.38 bits per heavy atom. The van der Waals surface area contributed by atoms with Crippen LogP contribution in [0.15, 0.2) is 10.9 Å². The van der Waals surface area contributed by atoms with Crippen molar-refractivity contribution in [3.05, 3.63) is 27.7 Å². The third-order valence-corrected chi connectivity index (χ3v) is 4.12. The summed E-state index contributed by atoms with van der Waals surface area (Å²) in [5.41, 5.74) is 1.37. The van der Waals surface area contributed by atoms with E-state index in [-0.39, 0.29) is 11.5 Å². The zero-order valence-electron chi connectivity index (χ0n) is 12.5. The predicted molar refractivity (Wildman–Crippen MR) is 79.9 cm³/mol. The lowest BCUT2D eigenvalue weighted by molar-refractivity contribution is 0.0945. The Morgan fingerprint density at radius 2 is 2.19 bits per heavy atom. The molecule has 1 aromatic heterocycles. The average molecular weight is 290 g/mol. The van der Waals surface area contributed by atoms with Crippen molar-refractivity contribution in [2.24, 2.45) is 0 Å². The molecule has 1 aliphatic carbocycles. The van der Waals surface area contributed by atoms with Crippen LogP contribution in [0.3, 0.4) is 0 Å². The van der Waals surface area contributed by atoms with Crippen LogP contribution in [0.1, 0.15) is 55.1 Å². The van der Waals surface area contributed by atoms with Gasteiger partial charge in [0.2, 0.25) is 0 Å². The first-order valence-corrected chi connectivity index (χ1v) is 7.91. The molecule has 0 saturated heterocycles. The fraction of sp³-hybridized carbons (Fsp3) is 0.625. The molecule has 1 N–H and O–H groups in total. The van der Waals surface area contributed by atoms with Crippen LogP contribution in [0.2, 0.25) is 0 Å².